The van der Waals surface area contributed by atoms with E-state index in [0.29, 0.717) is 17.9 Å². The molecule has 4 heteroatoms. The van der Waals surface area contributed by atoms with Crippen LogP contribution in [0.3, 0.4) is 0 Å². The third-order valence-corrected chi connectivity index (χ3v) is 5.63. The summed E-state index contributed by atoms with van der Waals surface area (Å²) >= 11 is 1.83. The molecular formula is C22H23NO2S. The first-order valence-corrected chi connectivity index (χ1v) is 9.69. The maximum Gasteiger partial charge on any atom is 0.339 e. The first-order chi connectivity index (χ1) is 12.4. The van der Waals surface area contributed by atoms with Crippen LogP contribution in [0.2, 0.25) is 0 Å². The van der Waals surface area contributed by atoms with Gasteiger partial charge in [0.15, 0.2) is 0 Å². The molecule has 0 amide bonds. The maximum absolute atomic E-state index is 11.7. The number of carbonyl (C=O) groups excluding carboxylic acids is 1. The quantitative estimate of drug-likeness (QED) is 0.568. The minimum atomic E-state index is -0.351. The molecule has 0 bridgehead atoms. The summed E-state index contributed by atoms with van der Waals surface area (Å²) in [6, 6.07) is 10.2. The van der Waals surface area contributed by atoms with Crippen LogP contribution in [0.15, 0.2) is 41.4 Å². The van der Waals surface area contributed by atoms with E-state index in [4.69, 9.17) is 4.74 Å². The molecular weight excluding hydrogens is 342 g/mol. The van der Waals surface area contributed by atoms with E-state index in [1.807, 2.05) is 11.8 Å². The number of benzene rings is 1. The molecule has 134 valence electrons. The normalized spacial score (nSPS) is 17.6. The molecule has 0 radical (unpaired) electrons. The van der Waals surface area contributed by atoms with Gasteiger partial charge in [-0.1, -0.05) is 31.9 Å². The SMILES string of the molecule is CCOC(=O)c1ccc(C#CC2CC(C)(C)c3ccc(C)cc3S2)nc1. The average molecular weight is 365 g/mol. The van der Waals surface area contributed by atoms with Crippen molar-refractivity contribution in [2.24, 2.45) is 0 Å². The maximum atomic E-state index is 11.7. The first-order valence-electron chi connectivity index (χ1n) is 8.81. The Morgan fingerprint density at radius 1 is 1.35 bits per heavy atom. The van der Waals surface area contributed by atoms with Crippen LogP contribution in [-0.2, 0) is 10.2 Å². The van der Waals surface area contributed by atoms with Crippen LogP contribution < -0.4 is 0 Å². The molecule has 1 unspecified atom stereocenters. The molecule has 26 heavy (non-hydrogen) atoms. The fourth-order valence-electron chi connectivity index (χ4n) is 3.09. The van der Waals surface area contributed by atoms with Crippen LogP contribution in [0.4, 0.5) is 0 Å². The standard InChI is InChI=1S/C22H23NO2S/c1-5-25-21(24)16-7-8-17(23-14-16)9-10-18-13-22(3,4)19-11-6-15(2)12-20(19)26-18/h6-8,11-12,14,18H,5,13H2,1-4H3. The van der Waals surface area contributed by atoms with E-state index in [-0.39, 0.29) is 16.6 Å². The van der Waals surface area contributed by atoms with Gasteiger partial charge in [-0.15, -0.1) is 11.8 Å². The molecule has 0 saturated carbocycles. The van der Waals surface area contributed by atoms with Gasteiger partial charge in [0.25, 0.3) is 0 Å². The predicted molar refractivity (Wildman–Crippen MR) is 106 cm³/mol. The summed E-state index contributed by atoms with van der Waals surface area (Å²) < 4.78 is 4.97. The van der Waals surface area contributed by atoms with Crippen molar-refractivity contribution in [3.05, 3.63) is 58.9 Å². The molecule has 2 heterocycles. The lowest BCUT2D eigenvalue weighted by atomic mass is 9.79. The van der Waals surface area contributed by atoms with E-state index in [0.717, 1.165) is 6.42 Å². The monoisotopic (exact) mass is 365 g/mol. The molecule has 1 aliphatic heterocycles. The van der Waals surface area contributed by atoms with Gasteiger partial charge in [-0.25, -0.2) is 9.78 Å². The second kappa shape index (κ2) is 7.55. The van der Waals surface area contributed by atoms with Crippen molar-refractivity contribution in [2.45, 2.75) is 49.7 Å². The van der Waals surface area contributed by atoms with E-state index in [1.165, 1.54) is 22.2 Å². The fourth-order valence-corrected chi connectivity index (χ4v) is 4.74. The van der Waals surface area contributed by atoms with Gasteiger partial charge in [0.2, 0.25) is 0 Å². The summed E-state index contributed by atoms with van der Waals surface area (Å²) in [5.74, 6) is 6.17. The number of aromatic nitrogens is 1. The van der Waals surface area contributed by atoms with E-state index in [9.17, 15) is 4.79 Å². The molecule has 0 aliphatic carbocycles. The third kappa shape index (κ3) is 4.11. The smallest absolute Gasteiger partial charge is 0.339 e. The van der Waals surface area contributed by atoms with Crippen LogP contribution in [0.25, 0.3) is 0 Å². The predicted octanol–water partition coefficient (Wildman–Crippen LogP) is 4.76. The van der Waals surface area contributed by atoms with E-state index in [2.05, 4.69) is 55.8 Å². The Balaban J connectivity index is 1.77. The second-order valence-electron chi connectivity index (χ2n) is 7.12. The van der Waals surface area contributed by atoms with Gasteiger partial charge in [0.05, 0.1) is 17.4 Å². The number of esters is 1. The minimum Gasteiger partial charge on any atom is -0.462 e. The number of hydrogen-bond donors (Lipinski definition) is 0. The van der Waals surface area contributed by atoms with Gasteiger partial charge in [-0.05, 0) is 60.9 Å². The zero-order valence-electron chi connectivity index (χ0n) is 15.6. The number of thioether (sulfide) groups is 1. The number of ether oxygens (including phenoxy) is 1. The van der Waals surface area contributed by atoms with Gasteiger partial charge in [-0.2, -0.15) is 0 Å². The largest absolute Gasteiger partial charge is 0.462 e. The van der Waals surface area contributed by atoms with Crippen molar-refractivity contribution >= 4 is 17.7 Å². The Kier molecular flexibility index (Phi) is 5.38. The van der Waals surface area contributed by atoms with Gasteiger partial charge in [0, 0.05) is 11.1 Å². The van der Waals surface area contributed by atoms with E-state index in [1.54, 1.807) is 19.1 Å². The average Bonchev–Trinajstić information content (AvgIpc) is 2.59. The topological polar surface area (TPSA) is 39.2 Å². The highest BCUT2D eigenvalue weighted by atomic mass is 32.2. The molecule has 1 aromatic heterocycles. The molecule has 0 saturated heterocycles. The molecule has 0 fully saturated rings. The number of carbonyl (C=O) groups is 1. The summed E-state index contributed by atoms with van der Waals surface area (Å²) in [6.45, 7) is 8.83. The highest BCUT2D eigenvalue weighted by molar-refractivity contribution is 8.00. The van der Waals surface area contributed by atoms with Gasteiger partial charge in [-0.3, -0.25) is 0 Å². The third-order valence-electron chi connectivity index (χ3n) is 4.47. The highest BCUT2D eigenvalue weighted by Gasteiger charge is 2.32. The van der Waals surface area contributed by atoms with E-state index >= 15 is 0 Å². The van der Waals surface area contributed by atoms with Gasteiger partial charge in [0.1, 0.15) is 5.69 Å². The molecule has 3 nitrogen and oxygen atoms in total. The van der Waals surface area contributed by atoms with Crippen molar-refractivity contribution in [2.75, 3.05) is 6.61 Å². The zero-order chi connectivity index (χ0) is 18.7. The lowest BCUT2D eigenvalue weighted by Crippen LogP contribution is -2.27. The number of fused-ring (bicyclic) bond motifs is 1. The molecule has 1 aromatic carbocycles. The highest BCUT2D eigenvalue weighted by Crippen LogP contribution is 2.45. The summed E-state index contributed by atoms with van der Waals surface area (Å²) in [5.41, 5.74) is 3.91. The van der Waals surface area contributed by atoms with Crippen molar-refractivity contribution in [3.8, 4) is 11.8 Å². The number of pyridine rings is 1. The minimum absolute atomic E-state index is 0.106. The van der Waals surface area contributed by atoms with Crippen LogP contribution in [0, 0.1) is 18.8 Å². The first kappa shape index (κ1) is 18.5. The number of hydrogen-bond acceptors (Lipinski definition) is 4. The lowest BCUT2D eigenvalue weighted by molar-refractivity contribution is 0.0526. The molecule has 0 spiro atoms. The van der Waals surface area contributed by atoms with Crippen molar-refractivity contribution < 1.29 is 9.53 Å². The summed E-state index contributed by atoms with van der Waals surface area (Å²) in [5, 5.41) is 0.228. The Morgan fingerprint density at radius 2 is 2.15 bits per heavy atom. The van der Waals surface area contributed by atoms with Crippen LogP contribution >= 0.6 is 11.8 Å². The molecule has 1 aliphatic rings. The van der Waals surface area contributed by atoms with Crippen LogP contribution in [0.5, 0.6) is 0 Å². The van der Waals surface area contributed by atoms with Crippen molar-refractivity contribution in [1.29, 1.82) is 0 Å². The second-order valence-corrected chi connectivity index (χ2v) is 8.36. The van der Waals surface area contributed by atoms with Crippen LogP contribution in [-0.4, -0.2) is 22.8 Å². The Bertz CT molecular complexity index is 875. The molecule has 1 atom stereocenters. The lowest BCUT2D eigenvalue weighted by Gasteiger charge is -2.35. The van der Waals surface area contributed by atoms with Gasteiger partial charge < -0.3 is 4.74 Å². The Hall–Kier alpha value is -2.25. The van der Waals surface area contributed by atoms with Gasteiger partial charge >= 0.3 is 5.97 Å². The number of aryl methyl sites for hydroxylation is 1. The number of rotatable bonds is 2. The Morgan fingerprint density at radius 3 is 2.85 bits per heavy atom. The molecule has 3 rings (SSSR count). The Labute approximate surface area is 159 Å². The van der Waals surface area contributed by atoms with Crippen LogP contribution in [0.1, 0.15) is 54.4 Å². The number of nitrogens with zero attached hydrogens (tertiary/aromatic N) is 1. The summed E-state index contributed by atoms with van der Waals surface area (Å²) in [7, 11) is 0. The summed E-state index contributed by atoms with van der Waals surface area (Å²) in [4.78, 5) is 17.3. The summed E-state index contributed by atoms with van der Waals surface area (Å²) in [6.07, 6.45) is 2.53. The van der Waals surface area contributed by atoms with Crippen molar-refractivity contribution in [3.63, 3.8) is 0 Å². The van der Waals surface area contributed by atoms with E-state index < -0.39 is 0 Å². The molecule has 2 aromatic rings. The zero-order valence-corrected chi connectivity index (χ0v) is 16.4. The van der Waals surface area contributed by atoms with Crippen molar-refractivity contribution in [1.82, 2.24) is 4.98 Å². The molecule has 0 N–H and O–H groups in total. The fraction of sp³-hybridized carbons (Fsp3) is 0.364.